The molecule has 4 nitrogen and oxygen atoms in total. The molecule has 0 aromatic heterocycles. The van der Waals surface area contributed by atoms with Crippen LogP contribution in [0.1, 0.15) is 65.9 Å². The van der Waals surface area contributed by atoms with Crippen LogP contribution in [0.15, 0.2) is 9.59 Å². The van der Waals surface area contributed by atoms with Crippen molar-refractivity contribution in [3.05, 3.63) is 26.0 Å². The van der Waals surface area contributed by atoms with Gasteiger partial charge in [0.05, 0.1) is 5.69 Å². The highest BCUT2D eigenvalue weighted by atomic mass is 16.2. The summed E-state index contributed by atoms with van der Waals surface area (Å²) in [5, 5.41) is 0. The minimum atomic E-state index is -0.309. The van der Waals surface area contributed by atoms with Crippen molar-refractivity contribution >= 4 is 5.69 Å². The Bertz CT molecular complexity index is 544. The van der Waals surface area contributed by atoms with E-state index in [9.17, 15) is 9.59 Å². The number of rotatable bonds is 10. The quantitative estimate of drug-likeness (QED) is 0.490. The predicted octanol–water partition coefficient (Wildman–Crippen LogP) is 2.92. The summed E-state index contributed by atoms with van der Waals surface area (Å²) in [6.45, 7) is 14.7. The summed E-state index contributed by atoms with van der Waals surface area (Å²) >= 11 is 0. The van der Waals surface area contributed by atoms with Gasteiger partial charge < -0.3 is 9.80 Å². The van der Waals surface area contributed by atoms with E-state index in [0.29, 0.717) is 11.3 Å². The van der Waals surface area contributed by atoms with E-state index in [-0.39, 0.29) is 16.3 Å². The summed E-state index contributed by atoms with van der Waals surface area (Å²) in [5.74, 6) is 0. The van der Waals surface area contributed by atoms with Crippen LogP contribution in [0.4, 0.5) is 5.69 Å². The second kappa shape index (κ2) is 8.62. The molecule has 1 rings (SSSR count). The zero-order chi connectivity index (χ0) is 17.6. The van der Waals surface area contributed by atoms with Gasteiger partial charge in [0.2, 0.25) is 10.9 Å². The molecular formula is C19H34N2O2. The Hall–Kier alpha value is -1.16. The molecule has 0 aliphatic heterocycles. The first kappa shape index (κ1) is 19.9. The summed E-state index contributed by atoms with van der Waals surface area (Å²) in [4.78, 5) is 28.3. The van der Waals surface area contributed by atoms with Gasteiger partial charge in [-0.2, -0.15) is 0 Å². The smallest absolute Gasteiger partial charge is 0.249 e. The number of hydrogen-bond donors (Lipinski definition) is 0. The lowest BCUT2D eigenvalue weighted by Crippen LogP contribution is -2.46. The molecule has 0 atom stereocenters. The predicted molar refractivity (Wildman–Crippen MR) is 99.6 cm³/mol. The number of unbranched alkanes of at least 4 members (excludes halogenated alkanes) is 1. The number of hydrogen-bond acceptors (Lipinski definition) is 4. The fourth-order valence-electron chi connectivity index (χ4n) is 3.20. The number of nitrogens with zero attached hydrogens (tertiary/aromatic N) is 2. The van der Waals surface area contributed by atoms with Gasteiger partial charge in [0.1, 0.15) is 0 Å². The summed E-state index contributed by atoms with van der Waals surface area (Å²) < 4.78 is 0. The molecule has 1 aromatic carbocycles. The Morgan fingerprint density at radius 3 is 1.83 bits per heavy atom. The molecule has 0 fully saturated rings. The van der Waals surface area contributed by atoms with Gasteiger partial charge in [0.15, 0.2) is 0 Å². The molecule has 0 unspecified atom stereocenters. The fraction of sp³-hybridized carbons (Fsp3) is 0.789. The molecule has 0 aliphatic carbocycles. The van der Waals surface area contributed by atoms with Gasteiger partial charge >= 0.3 is 0 Å². The maximum absolute atomic E-state index is 11.9. The Morgan fingerprint density at radius 2 is 1.35 bits per heavy atom. The molecule has 0 saturated heterocycles. The van der Waals surface area contributed by atoms with E-state index < -0.39 is 0 Å². The van der Waals surface area contributed by atoms with Crippen LogP contribution in [-0.4, -0.2) is 38.1 Å². The van der Waals surface area contributed by atoms with Crippen LogP contribution in [0.2, 0.25) is 0 Å². The molecule has 4 heteroatoms. The largest absolute Gasteiger partial charge is 0.371 e. The Morgan fingerprint density at radius 1 is 0.826 bits per heavy atom. The molecule has 0 heterocycles. The zero-order valence-electron chi connectivity index (χ0n) is 15.9. The Balaban J connectivity index is 2.53. The van der Waals surface area contributed by atoms with E-state index >= 15 is 0 Å². The van der Waals surface area contributed by atoms with E-state index in [1.54, 1.807) is 0 Å². The van der Waals surface area contributed by atoms with Crippen molar-refractivity contribution in [1.29, 1.82) is 0 Å². The standard InChI is InChI=1S/C19H34N2O2/c1-7-11-21(12-8-2)14-10-9-13-20(6)16-15(19(3,4)5)17(22)18(16)23/h7-14H2,1-6H3. The summed E-state index contributed by atoms with van der Waals surface area (Å²) in [5.41, 5.74) is 0.477. The minimum absolute atomic E-state index is 0.256. The molecule has 0 N–H and O–H groups in total. The van der Waals surface area contributed by atoms with Crippen LogP contribution in [0.5, 0.6) is 0 Å². The van der Waals surface area contributed by atoms with E-state index in [1.807, 2.05) is 32.7 Å². The average molecular weight is 322 g/mol. The van der Waals surface area contributed by atoms with Crippen molar-refractivity contribution in [2.75, 3.05) is 38.1 Å². The van der Waals surface area contributed by atoms with Gasteiger partial charge in [-0.1, -0.05) is 34.6 Å². The first-order chi connectivity index (χ1) is 10.7. The van der Waals surface area contributed by atoms with Crippen molar-refractivity contribution in [2.45, 2.75) is 65.7 Å². The second-order valence-electron chi connectivity index (χ2n) is 7.60. The average Bonchev–Trinajstić information content (AvgIpc) is 2.46. The molecule has 0 aliphatic rings. The van der Waals surface area contributed by atoms with E-state index in [2.05, 4.69) is 18.7 Å². The molecule has 0 radical (unpaired) electrons. The third-order valence-corrected chi connectivity index (χ3v) is 4.31. The second-order valence-corrected chi connectivity index (χ2v) is 7.60. The maximum Gasteiger partial charge on any atom is 0.249 e. The highest BCUT2D eigenvalue weighted by molar-refractivity contribution is 5.60. The molecule has 0 bridgehead atoms. The van der Waals surface area contributed by atoms with E-state index in [0.717, 1.165) is 39.0 Å². The van der Waals surface area contributed by atoms with Gasteiger partial charge in [0, 0.05) is 19.2 Å². The van der Waals surface area contributed by atoms with Gasteiger partial charge in [-0.15, -0.1) is 0 Å². The van der Waals surface area contributed by atoms with Gasteiger partial charge in [0.25, 0.3) is 0 Å². The van der Waals surface area contributed by atoms with Crippen LogP contribution in [0.3, 0.4) is 0 Å². The van der Waals surface area contributed by atoms with Gasteiger partial charge in [-0.05, 0) is 50.7 Å². The normalized spacial score (nSPS) is 12.3. The van der Waals surface area contributed by atoms with Crippen molar-refractivity contribution in [1.82, 2.24) is 4.90 Å². The van der Waals surface area contributed by atoms with Crippen LogP contribution in [-0.2, 0) is 5.41 Å². The lowest BCUT2D eigenvalue weighted by atomic mass is 9.82. The third kappa shape index (κ3) is 5.17. The Kier molecular flexibility index (Phi) is 7.46. The molecule has 0 spiro atoms. The summed E-state index contributed by atoms with van der Waals surface area (Å²) in [6.07, 6.45) is 4.56. The topological polar surface area (TPSA) is 40.6 Å². The molecule has 0 amide bonds. The van der Waals surface area contributed by atoms with Crippen LogP contribution in [0.25, 0.3) is 0 Å². The van der Waals surface area contributed by atoms with Crippen molar-refractivity contribution in [3.63, 3.8) is 0 Å². The zero-order valence-corrected chi connectivity index (χ0v) is 15.9. The SMILES string of the molecule is CCCN(CCC)CCCCN(C)c1c(C(C)(C)C)c(=O)c1=O. The highest BCUT2D eigenvalue weighted by Crippen LogP contribution is 2.27. The summed E-state index contributed by atoms with van der Waals surface area (Å²) in [6, 6.07) is 0. The lowest BCUT2D eigenvalue weighted by molar-refractivity contribution is 0.269. The fourth-order valence-corrected chi connectivity index (χ4v) is 3.20. The van der Waals surface area contributed by atoms with Crippen molar-refractivity contribution in [3.8, 4) is 0 Å². The van der Waals surface area contributed by atoms with Gasteiger partial charge in [-0.3, -0.25) is 9.59 Å². The van der Waals surface area contributed by atoms with Crippen molar-refractivity contribution in [2.24, 2.45) is 0 Å². The Labute approximate surface area is 141 Å². The summed E-state index contributed by atoms with van der Waals surface area (Å²) in [7, 11) is 1.93. The van der Waals surface area contributed by atoms with E-state index in [1.165, 1.54) is 12.8 Å². The minimum Gasteiger partial charge on any atom is -0.371 e. The van der Waals surface area contributed by atoms with Crippen LogP contribution >= 0.6 is 0 Å². The molecule has 132 valence electrons. The maximum atomic E-state index is 11.9. The van der Waals surface area contributed by atoms with Crippen LogP contribution in [0, 0.1) is 0 Å². The molecular weight excluding hydrogens is 288 g/mol. The molecule has 0 saturated carbocycles. The third-order valence-electron chi connectivity index (χ3n) is 4.31. The lowest BCUT2D eigenvalue weighted by Gasteiger charge is -2.29. The number of anilines is 1. The van der Waals surface area contributed by atoms with Gasteiger partial charge in [-0.25, -0.2) is 0 Å². The molecule has 1 aromatic rings. The monoisotopic (exact) mass is 322 g/mol. The van der Waals surface area contributed by atoms with E-state index in [4.69, 9.17) is 0 Å². The highest BCUT2D eigenvalue weighted by Gasteiger charge is 2.31. The van der Waals surface area contributed by atoms with Crippen molar-refractivity contribution < 1.29 is 0 Å². The van der Waals surface area contributed by atoms with Crippen LogP contribution < -0.4 is 15.8 Å². The first-order valence-electron chi connectivity index (χ1n) is 9.01. The first-order valence-corrected chi connectivity index (χ1v) is 9.01. The molecule has 23 heavy (non-hydrogen) atoms.